The van der Waals surface area contributed by atoms with E-state index in [0.29, 0.717) is 24.5 Å². The van der Waals surface area contributed by atoms with Crippen LogP contribution in [0.3, 0.4) is 0 Å². The number of carbonyl (C=O) groups excluding carboxylic acids is 2. The predicted molar refractivity (Wildman–Crippen MR) is 122 cm³/mol. The van der Waals surface area contributed by atoms with E-state index in [1.165, 1.54) is 9.80 Å². The Morgan fingerprint density at radius 1 is 0.871 bits per heavy atom. The zero-order valence-electron chi connectivity index (χ0n) is 18.9. The molecule has 1 aliphatic rings. The molecule has 7 heteroatoms. The second-order valence-corrected chi connectivity index (χ2v) is 8.42. The minimum absolute atomic E-state index is 0.0184. The predicted octanol–water partition coefficient (Wildman–Crippen LogP) is -0.0189. The fourth-order valence-corrected chi connectivity index (χ4v) is 4.07. The molecule has 2 aromatic rings. The number of hydrogen-bond donors (Lipinski definition) is 4. The van der Waals surface area contributed by atoms with Crippen molar-refractivity contribution >= 4 is 23.2 Å². The molecule has 0 unspecified atom stereocenters. The van der Waals surface area contributed by atoms with Crippen LogP contribution in [-0.2, 0) is 9.59 Å². The Balaban J connectivity index is 1.45. The number of quaternary nitrogens is 2. The first kappa shape index (κ1) is 22.8. The molecule has 0 aliphatic carbocycles. The smallest absolute Gasteiger partial charge is 0.279 e. The van der Waals surface area contributed by atoms with Crippen LogP contribution < -0.4 is 25.2 Å². The Hall–Kier alpha value is -2.90. The zero-order chi connectivity index (χ0) is 22.4. The molecular formula is C24H34N4O3+2. The fraction of sp³-hybridized carbons (Fsp3) is 0.417. The van der Waals surface area contributed by atoms with Gasteiger partial charge in [0.1, 0.15) is 31.9 Å². The maximum Gasteiger partial charge on any atom is 0.279 e. The van der Waals surface area contributed by atoms with E-state index in [9.17, 15) is 9.59 Å². The Labute approximate surface area is 184 Å². The molecule has 3 rings (SSSR count). The molecule has 1 heterocycles. The van der Waals surface area contributed by atoms with Gasteiger partial charge < -0.3 is 25.2 Å². The Bertz CT molecular complexity index is 916. The zero-order valence-corrected chi connectivity index (χ0v) is 18.9. The summed E-state index contributed by atoms with van der Waals surface area (Å²) >= 11 is 0. The Morgan fingerprint density at radius 3 is 1.97 bits per heavy atom. The molecular weight excluding hydrogens is 392 g/mol. The third kappa shape index (κ3) is 6.29. The summed E-state index contributed by atoms with van der Waals surface area (Å²) in [5, 5.41) is 6.04. The SMILES string of the molecule is COc1ccc(C)cc1NC(=O)C[NH+]1CC[NH+](CC(=O)Nc2c(C)cccc2C)CC1. The average molecular weight is 427 g/mol. The van der Waals surface area contributed by atoms with Crippen LogP contribution in [0.2, 0.25) is 0 Å². The van der Waals surface area contributed by atoms with Crippen LogP contribution in [0.25, 0.3) is 0 Å². The molecule has 0 bridgehead atoms. The second kappa shape index (κ2) is 10.4. The van der Waals surface area contributed by atoms with Crippen molar-refractivity contribution in [1.29, 1.82) is 0 Å². The first-order chi connectivity index (χ1) is 14.9. The monoisotopic (exact) mass is 426 g/mol. The van der Waals surface area contributed by atoms with Crippen molar-refractivity contribution in [3.05, 3.63) is 53.1 Å². The molecule has 0 saturated carbocycles. The van der Waals surface area contributed by atoms with Gasteiger partial charge in [-0.1, -0.05) is 24.3 Å². The van der Waals surface area contributed by atoms with Crippen LogP contribution in [0, 0.1) is 20.8 Å². The fourth-order valence-electron chi connectivity index (χ4n) is 4.07. The third-order valence-corrected chi connectivity index (χ3v) is 5.86. The molecule has 4 N–H and O–H groups in total. The van der Waals surface area contributed by atoms with Gasteiger partial charge in [0.25, 0.3) is 11.8 Å². The third-order valence-electron chi connectivity index (χ3n) is 5.86. The number of aryl methyl sites for hydroxylation is 3. The van der Waals surface area contributed by atoms with Crippen molar-refractivity contribution in [2.24, 2.45) is 0 Å². The van der Waals surface area contributed by atoms with E-state index in [2.05, 4.69) is 10.6 Å². The van der Waals surface area contributed by atoms with Gasteiger partial charge in [-0.15, -0.1) is 0 Å². The van der Waals surface area contributed by atoms with Crippen LogP contribution in [0.1, 0.15) is 16.7 Å². The first-order valence-corrected chi connectivity index (χ1v) is 10.8. The maximum absolute atomic E-state index is 12.5. The van der Waals surface area contributed by atoms with Crippen molar-refractivity contribution in [3.63, 3.8) is 0 Å². The lowest BCUT2D eigenvalue weighted by Crippen LogP contribution is -3.28. The quantitative estimate of drug-likeness (QED) is 0.503. The lowest BCUT2D eigenvalue weighted by Gasteiger charge is -2.29. The van der Waals surface area contributed by atoms with Crippen molar-refractivity contribution in [2.75, 3.05) is 57.0 Å². The van der Waals surface area contributed by atoms with E-state index < -0.39 is 0 Å². The summed E-state index contributed by atoms with van der Waals surface area (Å²) in [5.74, 6) is 0.688. The summed E-state index contributed by atoms with van der Waals surface area (Å²) in [6.07, 6.45) is 0. The van der Waals surface area contributed by atoms with E-state index in [4.69, 9.17) is 4.74 Å². The number of benzene rings is 2. The van der Waals surface area contributed by atoms with Crippen LogP contribution in [-0.4, -0.2) is 58.2 Å². The van der Waals surface area contributed by atoms with E-state index in [1.54, 1.807) is 7.11 Å². The summed E-state index contributed by atoms with van der Waals surface area (Å²) in [6.45, 7) is 10.3. The van der Waals surface area contributed by atoms with Gasteiger partial charge in [-0.05, 0) is 49.6 Å². The van der Waals surface area contributed by atoms with Gasteiger partial charge in [0.2, 0.25) is 0 Å². The number of anilines is 2. The highest BCUT2D eigenvalue weighted by Crippen LogP contribution is 2.24. The molecule has 0 radical (unpaired) electrons. The summed E-state index contributed by atoms with van der Waals surface area (Å²) < 4.78 is 5.34. The number of nitrogens with one attached hydrogen (secondary N) is 4. The second-order valence-electron chi connectivity index (χ2n) is 8.42. The largest absolute Gasteiger partial charge is 0.495 e. The highest BCUT2D eigenvalue weighted by atomic mass is 16.5. The average Bonchev–Trinajstić information content (AvgIpc) is 2.72. The molecule has 0 aromatic heterocycles. The van der Waals surface area contributed by atoms with Crippen molar-refractivity contribution in [2.45, 2.75) is 20.8 Å². The number of methoxy groups -OCH3 is 1. The summed E-state index contributed by atoms with van der Waals surface area (Å²) in [6, 6.07) is 11.8. The standard InChI is InChI=1S/C24H32N4O3/c1-17-8-9-21(31-4)20(14-17)25-22(29)15-27-10-12-28(13-11-27)16-23(30)26-24-18(2)6-5-7-19(24)3/h5-9,14H,10-13,15-16H2,1-4H3,(H,25,29)(H,26,30)/p+2. The topological polar surface area (TPSA) is 76.3 Å². The lowest BCUT2D eigenvalue weighted by molar-refractivity contribution is -1.00. The van der Waals surface area contributed by atoms with Gasteiger partial charge in [-0.2, -0.15) is 0 Å². The molecule has 0 atom stereocenters. The highest BCUT2D eigenvalue weighted by Gasteiger charge is 2.26. The van der Waals surface area contributed by atoms with E-state index >= 15 is 0 Å². The first-order valence-electron chi connectivity index (χ1n) is 10.8. The van der Waals surface area contributed by atoms with Crippen molar-refractivity contribution in [3.8, 4) is 5.75 Å². The molecule has 1 fully saturated rings. The van der Waals surface area contributed by atoms with E-state index in [0.717, 1.165) is 48.6 Å². The molecule has 31 heavy (non-hydrogen) atoms. The number of carbonyl (C=O) groups is 2. The minimum Gasteiger partial charge on any atom is -0.495 e. The summed E-state index contributed by atoms with van der Waals surface area (Å²) in [4.78, 5) is 27.5. The number of rotatable bonds is 7. The molecule has 2 aromatic carbocycles. The molecule has 2 amide bonds. The molecule has 166 valence electrons. The number of hydrogen-bond acceptors (Lipinski definition) is 3. The normalized spacial score (nSPS) is 18.3. The van der Waals surface area contributed by atoms with Gasteiger partial charge in [0.05, 0.1) is 12.8 Å². The number of para-hydroxylation sites is 1. The molecule has 1 saturated heterocycles. The Kier molecular flexibility index (Phi) is 7.65. The van der Waals surface area contributed by atoms with Crippen LogP contribution >= 0.6 is 0 Å². The molecule has 1 aliphatic heterocycles. The van der Waals surface area contributed by atoms with Gasteiger partial charge >= 0.3 is 0 Å². The number of piperazine rings is 1. The molecule has 7 nitrogen and oxygen atoms in total. The summed E-state index contributed by atoms with van der Waals surface area (Å²) in [7, 11) is 1.60. The maximum atomic E-state index is 12.5. The summed E-state index contributed by atoms with van der Waals surface area (Å²) in [5.41, 5.74) is 4.85. The van der Waals surface area contributed by atoms with E-state index in [1.807, 2.05) is 57.2 Å². The molecule has 0 spiro atoms. The van der Waals surface area contributed by atoms with Gasteiger partial charge in [0, 0.05) is 5.69 Å². The number of amides is 2. The lowest BCUT2D eigenvalue weighted by atomic mass is 10.1. The number of ether oxygens (including phenoxy) is 1. The minimum atomic E-state index is -0.0184. The van der Waals surface area contributed by atoms with Crippen LogP contribution in [0.4, 0.5) is 11.4 Å². The highest BCUT2D eigenvalue weighted by molar-refractivity contribution is 5.93. The van der Waals surface area contributed by atoms with Crippen molar-refractivity contribution < 1.29 is 24.1 Å². The van der Waals surface area contributed by atoms with Gasteiger partial charge in [0.15, 0.2) is 13.1 Å². The van der Waals surface area contributed by atoms with Gasteiger partial charge in [-0.3, -0.25) is 9.59 Å². The van der Waals surface area contributed by atoms with Gasteiger partial charge in [-0.25, -0.2) is 0 Å². The van der Waals surface area contributed by atoms with Crippen molar-refractivity contribution in [1.82, 2.24) is 0 Å². The Morgan fingerprint density at radius 2 is 1.42 bits per heavy atom. The van der Waals surface area contributed by atoms with Crippen LogP contribution in [0.15, 0.2) is 36.4 Å². The van der Waals surface area contributed by atoms with E-state index in [-0.39, 0.29) is 11.8 Å². The van der Waals surface area contributed by atoms with Crippen LogP contribution in [0.5, 0.6) is 5.75 Å².